The number of terminal acetylenes is 1. The summed E-state index contributed by atoms with van der Waals surface area (Å²) in [6.07, 6.45) is 11.9. The van der Waals surface area contributed by atoms with Crippen LogP contribution in [0.15, 0.2) is 36.7 Å². The highest BCUT2D eigenvalue weighted by Gasteiger charge is 2.07. The van der Waals surface area contributed by atoms with E-state index in [1.807, 2.05) is 30.5 Å². The van der Waals surface area contributed by atoms with Gasteiger partial charge in [0.25, 0.3) is 0 Å². The van der Waals surface area contributed by atoms with Crippen molar-refractivity contribution in [2.45, 2.75) is 59.2 Å². The second-order valence-electron chi connectivity index (χ2n) is 8.61. The summed E-state index contributed by atoms with van der Waals surface area (Å²) in [5.74, 6) is 5.20. The van der Waals surface area contributed by atoms with Crippen molar-refractivity contribution in [1.29, 1.82) is 0 Å². The minimum Gasteiger partial charge on any atom is -0.466 e. The molecule has 2 heterocycles. The molecule has 7 heteroatoms. The molecule has 0 bridgehead atoms. The number of aromatic nitrogens is 2. The topological polar surface area (TPSA) is 78.4 Å². The van der Waals surface area contributed by atoms with Gasteiger partial charge in [0.15, 0.2) is 0 Å². The largest absolute Gasteiger partial charge is 0.466 e. The Hall–Kier alpha value is -3.42. The van der Waals surface area contributed by atoms with Crippen molar-refractivity contribution in [2.24, 2.45) is 0 Å². The zero-order chi connectivity index (χ0) is 25.4. The van der Waals surface area contributed by atoms with Crippen LogP contribution < -0.4 is 0 Å². The van der Waals surface area contributed by atoms with Crippen LogP contribution in [0.4, 0.5) is 0 Å². The Bertz CT molecular complexity index is 1010. The quantitative estimate of drug-likeness (QED) is 0.243. The van der Waals surface area contributed by atoms with Crippen LogP contribution in [-0.4, -0.2) is 43.2 Å². The summed E-state index contributed by atoms with van der Waals surface area (Å²) in [5, 5.41) is 0. The molecule has 0 aliphatic heterocycles. The first kappa shape index (κ1) is 28.6. The Kier molecular flexibility index (Phi) is 13.0. The first-order chi connectivity index (χ1) is 16.1. The minimum absolute atomic E-state index is 0.232. The van der Waals surface area contributed by atoms with Crippen LogP contribution in [0.2, 0.25) is 19.6 Å². The van der Waals surface area contributed by atoms with Gasteiger partial charge in [-0.15, -0.1) is 12.0 Å². The Labute approximate surface area is 204 Å². The number of hydrogen-bond donors (Lipinski definition) is 0. The zero-order valence-electron chi connectivity index (χ0n) is 20.8. The van der Waals surface area contributed by atoms with E-state index in [9.17, 15) is 9.59 Å². The van der Waals surface area contributed by atoms with Crippen LogP contribution in [0.5, 0.6) is 0 Å². The van der Waals surface area contributed by atoms with Crippen LogP contribution >= 0.6 is 0 Å². The molecule has 0 saturated heterocycles. The second kappa shape index (κ2) is 15.4. The van der Waals surface area contributed by atoms with Gasteiger partial charge in [0.2, 0.25) is 0 Å². The van der Waals surface area contributed by atoms with Gasteiger partial charge in [-0.1, -0.05) is 31.5 Å². The predicted molar refractivity (Wildman–Crippen MR) is 137 cm³/mol. The summed E-state index contributed by atoms with van der Waals surface area (Å²) in [5.41, 5.74) is 7.02. The minimum atomic E-state index is -1.33. The van der Waals surface area contributed by atoms with Crippen molar-refractivity contribution in [3.8, 4) is 23.8 Å². The van der Waals surface area contributed by atoms with Gasteiger partial charge in [-0.25, -0.2) is 0 Å². The van der Waals surface area contributed by atoms with Crippen molar-refractivity contribution in [3.05, 3.63) is 59.2 Å². The SMILES string of the molecule is C#Cc1ccc(CCCOC(C)=O)nc1.CC(=O)OCCCc1ccc(C#C[Si](C)(C)C)cn1. The molecular formula is C27H34N2O4Si. The van der Waals surface area contributed by atoms with Gasteiger partial charge in [0, 0.05) is 48.8 Å². The molecule has 6 nitrogen and oxygen atoms in total. The fraction of sp³-hybridized carbons (Fsp3) is 0.407. The van der Waals surface area contributed by atoms with Crippen LogP contribution in [-0.2, 0) is 31.9 Å². The highest BCUT2D eigenvalue weighted by molar-refractivity contribution is 6.83. The van der Waals surface area contributed by atoms with Crippen LogP contribution in [0.1, 0.15) is 49.2 Å². The Morgan fingerprint density at radius 3 is 1.68 bits per heavy atom. The van der Waals surface area contributed by atoms with E-state index in [0.29, 0.717) is 13.2 Å². The number of carbonyl (C=O) groups is 2. The van der Waals surface area contributed by atoms with Gasteiger partial charge in [-0.05, 0) is 49.9 Å². The molecule has 0 amide bonds. The maximum atomic E-state index is 10.6. The van der Waals surface area contributed by atoms with E-state index in [4.69, 9.17) is 15.9 Å². The highest BCUT2D eigenvalue weighted by atomic mass is 28.3. The van der Waals surface area contributed by atoms with Crippen LogP contribution in [0, 0.1) is 23.8 Å². The Balaban J connectivity index is 0.000000350. The van der Waals surface area contributed by atoms with E-state index in [0.717, 1.165) is 48.2 Å². The Morgan fingerprint density at radius 2 is 1.32 bits per heavy atom. The number of carbonyl (C=O) groups excluding carboxylic acids is 2. The number of hydrogen-bond acceptors (Lipinski definition) is 6. The van der Waals surface area contributed by atoms with Gasteiger partial charge in [0.05, 0.1) is 13.2 Å². The maximum absolute atomic E-state index is 10.6. The molecular weight excluding hydrogens is 444 g/mol. The third-order valence-electron chi connectivity index (χ3n) is 4.16. The van der Waals surface area contributed by atoms with Gasteiger partial charge in [-0.3, -0.25) is 19.6 Å². The molecule has 2 rings (SSSR count). The lowest BCUT2D eigenvalue weighted by Gasteiger charge is -2.04. The fourth-order valence-corrected chi connectivity index (χ4v) is 3.02. The number of rotatable bonds is 8. The standard InChI is InChI=1S/C15H21NO2Si.C12H13NO2/c1-13(17)18-10-5-6-15-8-7-14(12-16-15)9-11-19(2,3)4;1-3-11-6-7-12(13-9-11)5-4-8-15-10(2)14/h7-8,12H,5-6,10H2,1-4H3;1,6-7,9H,4-5,8H2,2H3. The molecule has 0 saturated carbocycles. The second-order valence-corrected chi connectivity index (χ2v) is 13.4. The summed E-state index contributed by atoms with van der Waals surface area (Å²) in [4.78, 5) is 29.6. The first-order valence-electron chi connectivity index (χ1n) is 11.3. The van der Waals surface area contributed by atoms with Crippen molar-refractivity contribution >= 4 is 20.0 Å². The van der Waals surface area contributed by atoms with Gasteiger partial charge >= 0.3 is 11.9 Å². The van der Waals surface area contributed by atoms with Crippen molar-refractivity contribution in [2.75, 3.05) is 13.2 Å². The predicted octanol–water partition coefficient (Wildman–Crippen LogP) is 4.36. The molecule has 0 spiro atoms. The fourth-order valence-electron chi connectivity index (χ4n) is 2.50. The van der Waals surface area contributed by atoms with E-state index >= 15 is 0 Å². The number of aryl methyl sites for hydroxylation is 2. The third-order valence-corrected chi connectivity index (χ3v) is 5.04. The van der Waals surface area contributed by atoms with Crippen molar-refractivity contribution in [3.63, 3.8) is 0 Å². The molecule has 0 fully saturated rings. The zero-order valence-corrected chi connectivity index (χ0v) is 21.8. The average molecular weight is 479 g/mol. The monoisotopic (exact) mass is 478 g/mol. The molecule has 2 aromatic rings. The normalized spacial score (nSPS) is 10.0. The smallest absolute Gasteiger partial charge is 0.302 e. The number of esters is 2. The lowest BCUT2D eigenvalue weighted by atomic mass is 10.2. The molecule has 0 aliphatic rings. The maximum Gasteiger partial charge on any atom is 0.302 e. The summed E-state index contributed by atoms with van der Waals surface area (Å²) >= 11 is 0. The molecule has 0 atom stereocenters. The molecule has 2 aromatic heterocycles. The van der Waals surface area contributed by atoms with E-state index in [1.165, 1.54) is 13.8 Å². The summed E-state index contributed by atoms with van der Waals surface area (Å²) in [7, 11) is -1.33. The van der Waals surface area contributed by atoms with E-state index in [2.05, 4.69) is 47.0 Å². The first-order valence-corrected chi connectivity index (χ1v) is 14.8. The van der Waals surface area contributed by atoms with Gasteiger partial charge < -0.3 is 9.47 Å². The summed E-state index contributed by atoms with van der Waals surface area (Å²) in [6.45, 7) is 10.4. The van der Waals surface area contributed by atoms with Crippen LogP contribution in [0.3, 0.4) is 0 Å². The van der Waals surface area contributed by atoms with E-state index < -0.39 is 8.07 Å². The molecule has 180 valence electrons. The van der Waals surface area contributed by atoms with Crippen molar-refractivity contribution in [1.82, 2.24) is 9.97 Å². The molecule has 0 N–H and O–H groups in total. The lowest BCUT2D eigenvalue weighted by Crippen LogP contribution is -2.16. The van der Waals surface area contributed by atoms with E-state index in [1.54, 1.807) is 6.20 Å². The molecule has 34 heavy (non-hydrogen) atoms. The molecule has 0 aliphatic carbocycles. The third kappa shape index (κ3) is 14.6. The number of nitrogens with zero attached hydrogens (tertiary/aromatic N) is 2. The number of pyridine rings is 2. The summed E-state index contributed by atoms with van der Waals surface area (Å²) < 4.78 is 9.69. The van der Waals surface area contributed by atoms with Gasteiger partial charge in [0.1, 0.15) is 8.07 Å². The molecule has 0 unspecified atom stereocenters. The molecule has 0 radical (unpaired) electrons. The number of ether oxygens (including phenoxy) is 2. The van der Waals surface area contributed by atoms with Crippen molar-refractivity contribution < 1.29 is 19.1 Å². The summed E-state index contributed by atoms with van der Waals surface area (Å²) in [6, 6.07) is 7.74. The Morgan fingerprint density at radius 1 is 0.853 bits per heavy atom. The molecule has 0 aromatic carbocycles. The lowest BCUT2D eigenvalue weighted by molar-refractivity contribution is -0.142. The average Bonchev–Trinajstić information content (AvgIpc) is 2.79. The van der Waals surface area contributed by atoms with Gasteiger partial charge in [-0.2, -0.15) is 0 Å². The van der Waals surface area contributed by atoms with Crippen LogP contribution in [0.25, 0.3) is 0 Å². The van der Waals surface area contributed by atoms with E-state index in [-0.39, 0.29) is 11.9 Å². The highest BCUT2D eigenvalue weighted by Crippen LogP contribution is 2.04.